The molecule has 3 aromatic rings. The highest BCUT2D eigenvalue weighted by molar-refractivity contribution is 7.12. The molecule has 126 valence electrons. The van der Waals surface area contributed by atoms with E-state index < -0.39 is 0 Å². The SMILES string of the molecule is CC(=O)c1cc(C(=O)N[C@@H](c2ccncc2)c2ccccc2C)cs1. The molecule has 0 unspecified atom stereocenters. The van der Waals surface area contributed by atoms with Crippen molar-refractivity contribution in [1.82, 2.24) is 10.3 Å². The average Bonchev–Trinajstić information content (AvgIpc) is 3.12. The number of carbonyl (C=O) groups excluding carboxylic acids is 2. The first-order valence-corrected chi connectivity index (χ1v) is 8.80. The van der Waals surface area contributed by atoms with Crippen molar-refractivity contribution in [3.8, 4) is 0 Å². The van der Waals surface area contributed by atoms with Gasteiger partial charge in [0, 0.05) is 17.8 Å². The monoisotopic (exact) mass is 350 g/mol. The van der Waals surface area contributed by atoms with E-state index in [1.807, 2.05) is 43.3 Å². The minimum Gasteiger partial charge on any atom is -0.341 e. The Morgan fingerprint density at radius 1 is 1.12 bits per heavy atom. The fourth-order valence-electron chi connectivity index (χ4n) is 2.66. The number of benzene rings is 1. The van der Waals surface area contributed by atoms with E-state index in [4.69, 9.17) is 0 Å². The van der Waals surface area contributed by atoms with Crippen LogP contribution in [-0.4, -0.2) is 16.7 Å². The highest BCUT2D eigenvalue weighted by Crippen LogP contribution is 2.25. The Kier molecular flexibility index (Phi) is 5.05. The van der Waals surface area contributed by atoms with E-state index in [1.54, 1.807) is 23.8 Å². The van der Waals surface area contributed by atoms with Gasteiger partial charge in [-0.2, -0.15) is 0 Å². The largest absolute Gasteiger partial charge is 0.341 e. The van der Waals surface area contributed by atoms with E-state index in [2.05, 4.69) is 10.3 Å². The van der Waals surface area contributed by atoms with Crippen LogP contribution in [0.4, 0.5) is 0 Å². The van der Waals surface area contributed by atoms with Gasteiger partial charge in [-0.05, 0) is 48.7 Å². The fraction of sp³-hybridized carbons (Fsp3) is 0.150. The number of nitrogens with one attached hydrogen (secondary N) is 1. The van der Waals surface area contributed by atoms with Gasteiger partial charge in [0.15, 0.2) is 5.78 Å². The van der Waals surface area contributed by atoms with E-state index in [0.29, 0.717) is 10.4 Å². The highest BCUT2D eigenvalue weighted by atomic mass is 32.1. The molecular formula is C20H18N2O2S. The number of hydrogen-bond acceptors (Lipinski definition) is 4. The van der Waals surface area contributed by atoms with E-state index in [0.717, 1.165) is 16.7 Å². The molecule has 0 saturated heterocycles. The van der Waals surface area contributed by atoms with Gasteiger partial charge in [-0.25, -0.2) is 0 Å². The van der Waals surface area contributed by atoms with Crippen molar-refractivity contribution in [2.24, 2.45) is 0 Å². The minimum absolute atomic E-state index is 0.0337. The molecule has 1 atom stereocenters. The van der Waals surface area contributed by atoms with Crippen molar-refractivity contribution >= 4 is 23.0 Å². The summed E-state index contributed by atoms with van der Waals surface area (Å²) >= 11 is 1.29. The maximum absolute atomic E-state index is 12.7. The highest BCUT2D eigenvalue weighted by Gasteiger charge is 2.20. The summed E-state index contributed by atoms with van der Waals surface area (Å²) in [5, 5.41) is 4.80. The summed E-state index contributed by atoms with van der Waals surface area (Å²) in [6.45, 7) is 3.52. The molecule has 1 N–H and O–H groups in total. The van der Waals surface area contributed by atoms with Crippen LogP contribution < -0.4 is 5.32 Å². The topological polar surface area (TPSA) is 59.1 Å². The third-order valence-electron chi connectivity index (χ3n) is 4.02. The Morgan fingerprint density at radius 2 is 1.84 bits per heavy atom. The lowest BCUT2D eigenvalue weighted by Gasteiger charge is -2.21. The maximum Gasteiger partial charge on any atom is 0.252 e. The van der Waals surface area contributed by atoms with Gasteiger partial charge >= 0.3 is 0 Å². The van der Waals surface area contributed by atoms with Crippen LogP contribution in [0.3, 0.4) is 0 Å². The zero-order chi connectivity index (χ0) is 17.8. The molecule has 0 bridgehead atoms. The molecular weight excluding hydrogens is 332 g/mol. The molecule has 3 rings (SSSR count). The van der Waals surface area contributed by atoms with Crippen LogP contribution in [0, 0.1) is 6.92 Å². The molecule has 0 aliphatic heterocycles. The van der Waals surface area contributed by atoms with Gasteiger partial charge in [0.25, 0.3) is 5.91 Å². The fourth-order valence-corrected chi connectivity index (χ4v) is 3.45. The van der Waals surface area contributed by atoms with Crippen molar-refractivity contribution in [3.05, 3.63) is 87.4 Å². The van der Waals surface area contributed by atoms with Crippen LogP contribution in [0.15, 0.2) is 60.2 Å². The first-order chi connectivity index (χ1) is 12.1. The Balaban J connectivity index is 1.94. The van der Waals surface area contributed by atoms with Crippen molar-refractivity contribution < 1.29 is 9.59 Å². The predicted octanol–water partition coefficient (Wildman–Crippen LogP) is 4.17. The van der Waals surface area contributed by atoms with Gasteiger partial charge < -0.3 is 5.32 Å². The summed E-state index contributed by atoms with van der Waals surface area (Å²) in [4.78, 5) is 28.8. The number of pyridine rings is 1. The molecule has 2 heterocycles. The smallest absolute Gasteiger partial charge is 0.252 e. The molecule has 5 heteroatoms. The Morgan fingerprint density at radius 3 is 2.48 bits per heavy atom. The zero-order valence-electron chi connectivity index (χ0n) is 14.0. The molecule has 0 saturated carbocycles. The normalized spacial score (nSPS) is 11.8. The zero-order valence-corrected chi connectivity index (χ0v) is 14.8. The van der Waals surface area contributed by atoms with Gasteiger partial charge in [0.05, 0.1) is 16.5 Å². The first-order valence-electron chi connectivity index (χ1n) is 7.92. The molecule has 0 aliphatic carbocycles. The Hall–Kier alpha value is -2.79. The number of thiophene rings is 1. The maximum atomic E-state index is 12.7. The number of hydrogen-bond donors (Lipinski definition) is 1. The van der Waals surface area contributed by atoms with Crippen molar-refractivity contribution in [2.75, 3.05) is 0 Å². The molecule has 0 fully saturated rings. The quantitative estimate of drug-likeness (QED) is 0.703. The van der Waals surface area contributed by atoms with E-state index >= 15 is 0 Å². The molecule has 25 heavy (non-hydrogen) atoms. The van der Waals surface area contributed by atoms with Crippen molar-refractivity contribution in [1.29, 1.82) is 0 Å². The van der Waals surface area contributed by atoms with E-state index in [-0.39, 0.29) is 17.7 Å². The van der Waals surface area contributed by atoms with Crippen molar-refractivity contribution in [2.45, 2.75) is 19.9 Å². The van der Waals surface area contributed by atoms with Crippen LogP contribution in [0.25, 0.3) is 0 Å². The van der Waals surface area contributed by atoms with E-state index in [1.165, 1.54) is 18.3 Å². The standard InChI is InChI=1S/C20H18N2O2S/c1-13-5-3-4-6-17(13)19(15-7-9-21-10-8-15)22-20(24)16-11-18(14(2)23)25-12-16/h3-12,19H,1-2H3,(H,22,24)/t19-/m0/s1. The Bertz CT molecular complexity index is 903. The number of carbonyl (C=O) groups is 2. The third kappa shape index (κ3) is 3.83. The lowest BCUT2D eigenvalue weighted by Crippen LogP contribution is -2.29. The molecule has 4 nitrogen and oxygen atoms in total. The second kappa shape index (κ2) is 7.40. The molecule has 1 aromatic carbocycles. The minimum atomic E-state index is -0.280. The van der Waals surface area contributed by atoms with Crippen LogP contribution in [0.5, 0.6) is 0 Å². The molecule has 1 amide bonds. The summed E-state index contributed by atoms with van der Waals surface area (Å²) in [6.07, 6.45) is 3.43. The van der Waals surface area contributed by atoms with Gasteiger partial charge in [0.1, 0.15) is 0 Å². The second-order valence-electron chi connectivity index (χ2n) is 5.80. The van der Waals surface area contributed by atoms with Crippen LogP contribution in [-0.2, 0) is 0 Å². The van der Waals surface area contributed by atoms with Crippen molar-refractivity contribution in [3.63, 3.8) is 0 Å². The molecule has 0 radical (unpaired) electrons. The Labute approximate surface area is 150 Å². The summed E-state index contributed by atoms with van der Waals surface area (Å²) in [6, 6.07) is 13.1. The van der Waals surface area contributed by atoms with Crippen LogP contribution in [0.2, 0.25) is 0 Å². The molecule has 0 spiro atoms. The molecule has 2 aromatic heterocycles. The first kappa shape index (κ1) is 17.0. The third-order valence-corrected chi connectivity index (χ3v) is 5.05. The number of amides is 1. The van der Waals surface area contributed by atoms with Gasteiger partial charge in [0.2, 0.25) is 0 Å². The lowest BCUT2D eigenvalue weighted by molar-refractivity contribution is 0.0943. The second-order valence-corrected chi connectivity index (χ2v) is 6.71. The number of rotatable bonds is 5. The van der Waals surface area contributed by atoms with Crippen LogP contribution in [0.1, 0.15) is 49.7 Å². The summed E-state index contributed by atoms with van der Waals surface area (Å²) in [7, 11) is 0. The van der Waals surface area contributed by atoms with Gasteiger partial charge in [-0.15, -0.1) is 11.3 Å². The number of aromatic nitrogens is 1. The van der Waals surface area contributed by atoms with Crippen LogP contribution >= 0.6 is 11.3 Å². The van der Waals surface area contributed by atoms with E-state index in [9.17, 15) is 9.59 Å². The molecule has 0 aliphatic rings. The summed E-state index contributed by atoms with van der Waals surface area (Å²) in [5.41, 5.74) is 3.59. The number of ketones is 1. The average molecular weight is 350 g/mol. The van der Waals surface area contributed by atoms with Gasteiger partial charge in [-0.3, -0.25) is 14.6 Å². The number of aryl methyl sites for hydroxylation is 1. The number of Topliss-reactive ketones (excluding diaryl/α,β-unsaturated/α-hetero) is 1. The summed E-state index contributed by atoms with van der Waals surface area (Å²) < 4.78 is 0. The predicted molar refractivity (Wildman–Crippen MR) is 99.0 cm³/mol. The van der Waals surface area contributed by atoms with Gasteiger partial charge in [-0.1, -0.05) is 24.3 Å². The lowest BCUT2D eigenvalue weighted by atomic mass is 9.95. The summed E-state index contributed by atoms with van der Waals surface area (Å²) in [5.74, 6) is -0.234. The number of nitrogens with zero attached hydrogens (tertiary/aromatic N) is 1.